The summed E-state index contributed by atoms with van der Waals surface area (Å²) in [7, 11) is 1.76. The van der Waals surface area contributed by atoms with Crippen LogP contribution in [0.1, 0.15) is 49.7 Å². The van der Waals surface area contributed by atoms with Gasteiger partial charge >= 0.3 is 0 Å². The summed E-state index contributed by atoms with van der Waals surface area (Å²) in [6.07, 6.45) is 4.34. The lowest BCUT2D eigenvalue weighted by atomic mass is 9.78. The standard InChI is InChI=1S/C14H24N4O/c1-9-6-5-7-14(8-9,19-4)13-16-11(3)10(2)12(17-13)18-15/h9H,5-8,15H2,1-4H3,(H,16,17,18). The Hall–Kier alpha value is -1.20. The van der Waals surface area contributed by atoms with Crippen LogP contribution in [-0.2, 0) is 10.3 Å². The maximum absolute atomic E-state index is 5.84. The molecule has 2 unspecified atom stereocenters. The summed E-state index contributed by atoms with van der Waals surface area (Å²) in [6.45, 7) is 6.21. The number of nitrogen functional groups attached to an aromatic ring is 1. The lowest BCUT2D eigenvalue weighted by molar-refractivity contribution is -0.0646. The largest absolute Gasteiger partial charge is 0.370 e. The third-order valence-corrected chi connectivity index (χ3v) is 4.28. The van der Waals surface area contributed by atoms with Gasteiger partial charge in [0.15, 0.2) is 5.82 Å². The van der Waals surface area contributed by atoms with Crippen molar-refractivity contribution in [3.05, 3.63) is 17.1 Å². The lowest BCUT2D eigenvalue weighted by Gasteiger charge is -2.37. The van der Waals surface area contributed by atoms with Crippen LogP contribution in [0.3, 0.4) is 0 Å². The Kier molecular flexibility index (Phi) is 4.06. The average Bonchev–Trinajstić information content (AvgIpc) is 2.41. The molecule has 5 nitrogen and oxygen atoms in total. The summed E-state index contributed by atoms with van der Waals surface area (Å²) in [4.78, 5) is 9.23. The van der Waals surface area contributed by atoms with E-state index in [0.29, 0.717) is 11.7 Å². The van der Waals surface area contributed by atoms with Gasteiger partial charge in [-0.25, -0.2) is 15.8 Å². The summed E-state index contributed by atoms with van der Waals surface area (Å²) in [5, 5.41) is 0. The van der Waals surface area contributed by atoms with Crippen molar-refractivity contribution in [3.8, 4) is 0 Å². The fourth-order valence-corrected chi connectivity index (χ4v) is 2.96. The van der Waals surface area contributed by atoms with Gasteiger partial charge in [-0.05, 0) is 39.0 Å². The van der Waals surface area contributed by atoms with Gasteiger partial charge in [-0.3, -0.25) is 0 Å². The number of ether oxygens (including phenoxy) is 1. The highest BCUT2D eigenvalue weighted by molar-refractivity contribution is 5.44. The van der Waals surface area contributed by atoms with Crippen molar-refractivity contribution in [2.75, 3.05) is 12.5 Å². The fourth-order valence-electron chi connectivity index (χ4n) is 2.96. The van der Waals surface area contributed by atoms with E-state index in [9.17, 15) is 0 Å². The van der Waals surface area contributed by atoms with Crippen LogP contribution in [0.15, 0.2) is 0 Å². The summed E-state index contributed by atoms with van der Waals surface area (Å²) in [5.74, 6) is 7.63. The minimum atomic E-state index is -0.359. The van der Waals surface area contributed by atoms with E-state index in [0.717, 1.165) is 36.3 Å². The van der Waals surface area contributed by atoms with Gasteiger partial charge in [-0.1, -0.05) is 13.3 Å². The second-order valence-electron chi connectivity index (χ2n) is 5.65. The van der Waals surface area contributed by atoms with E-state index < -0.39 is 0 Å². The zero-order valence-electron chi connectivity index (χ0n) is 12.3. The molecule has 2 atom stereocenters. The SMILES string of the molecule is COC1(c2nc(C)c(C)c(NN)n2)CCCC(C)C1. The molecule has 0 aromatic carbocycles. The monoisotopic (exact) mass is 264 g/mol. The van der Waals surface area contributed by atoms with Gasteiger partial charge in [0, 0.05) is 18.4 Å². The fraction of sp³-hybridized carbons (Fsp3) is 0.714. The zero-order valence-corrected chi connectivity index (χ0v) is 12.3. The maximum Gasteiger partial charge on any atom is 0.162 e. The Labute approximate surface area is 114 Å². The third-order valence-electron chi connectivity index (χ3n) is 4.28. The molecular formula is C14H24N4O. The Bertz CT molecular complexity index is 463. The zero-order chi connectivity index (χ0) is 14.0. The molecular weight excluding hydrogens is 240 g/mol. The average molecular weight is 264 g/mol. The molecule has 1 aromatic heterocycles. The highest BCUT2D eigenvalue weighted by Gasteiger charge is 2.39. The predicted octanol–water partition coefficient (Wildman–Crippen LogP) is 2.43. The number of methoxy groups -OCH3 is 1. The molecule has 0 bridgehead atoms. The number of hydrogen-bond donors (Lipinski definition) is 2. The first kappa shape index (κ1) is 14.2. The van der Waals surface area contributed by atoms with Gasteiger partial charge in [0.2, 0.25) is 0 Å². The molecule has 0 saturated heterocycles. The van der Waals surface area contributed by atoms with E-state index in [1.54, 1.807) is 7.11 Å². The highest BCUT2D eigenvalue weighted by Crippen LogP contribution is 2.41. The van der Waals surface area contributed by atoms with E-state index in [-0.39, 0.29) is 5.60 Å². The molecule has 0 amide bonds. The van der Waals surface area contributed by atoms with Crippen molar-refractivity contribution in [2.24, 2.45) is 11.8 Å². The minimum absolute atomic E-state index is 0.359. The van der Waals surface area contributed by atoms with Crippen molar-refractivity contribution in [1.82, 2.24) is 9.97 Å². The summed E-state index contributed by atoms with van der Waals surface area (Å²) < 4.78 is 5.84. The molecule has 3 N–H and O–H groups in total. The quantitative estimate of drug-likeness (QED) is 0.648. The minimum Gasteiger partial charge on any atom is -0.370 e. The summed E-state index contributed by atoms with van der Waals surface area (Å²) in [6, 6.07) is 0. The van der Waals surface area contributed by atoms with Crippen LogP contribution in [0, 0.1) is 19.8 Å². The van der Waals surface area contributed by atoms with Crippen molar-refractivity contribution < 1.29 is 4.74 Å². The van der Waals surface area contributed by atoms with Crippen LogP contribution in [0.5, 0.6) is 0 Å². The molecule has 2 rings (SSSR count). The van der Waals surface area contributed by atoms with Gasteiger partial charge in [0.1, 0.15) is 11.4 Å². The molecule has 1 saturated carbocycles. The number of aryl methyl sites for hydroxylation is 1. The van der Waals surface area contributed by atoms with Gasteiger partial charge in [0.05, 0.1) is 0 Å². The van der Waals surface area contributed by atoms with E-state index in [2.05, 4.69) is 22.3 Å². The Balaban J connectivity index is 2.46. The van der Waals surface area contributed by atoms with E-state index in [1.165, 1.54) is 6.42 Å². The molecule has 1 aromatic rings. The predicted molar refractivity (Wildman–Crippen MR) is 75.6 cm³/mol. The van der Waals surface area contributed by atoms with E-state index >= 15 is 0 Å². The van der Waals surface area contributed by atoms with Crippen molar-refractivity contribution in [2.45, 2.75) is 52.1 Å². The molecule has 106 valence electrons. The second-order valence-corrected chi connectivity index (χ2v) is 5.65. The number of rotatable bonds is 3. The van der Waals surface area contributed by atoms with Gasteiger partial charge < -0.3 is 10.2 Å². The summed E-state index contributed by atoms with van der Waals surface area (Å²) in [5.41, 5.74) is 4.24. The first-order chi connectivity index (χ1) is 9.02. The number of aromatic nitrogens is 2. The number of nitrogens with one attached hydrogen (secondary N) is 1. The number of anilines is 1. The molecule has 19 heavy (non-hydrogen) atoms. The molecule has 0 radical (unpaired) electrons. The van der Waals surface area contributed by atoms with Crippen LogP contribution in [0.4, 0.5) is 5.82 Å². The molecule has 5 heteroatoms. The lowest BCUT2D eigenvalue weighted by Crippen LogP contribution is -2.36. The molecule has 0 aliphatic heterocycles. The number of nitrogens with two attached hydrogens (primary N) is 1. The van der Waals surface area contributed by atoms with Crippen molar-refractivity contribution >= 4 is 5.82 Å². The van der Waals surface area contributed by atoms with Crippen molar-refractivity contribution in [3.63, 3.8) is 0 Å². The van der Waals surface area contributed by atoms with Crippen LogP contribution in [-0.4, -0.2) is 17.1 Å². The maximum atomic E-state index is 5.84. The van der Waals surface area contributed by atoms with Gasteiger partial charge in [-0.2, -0.15) is 0 Å². The van der Waals surface area contributed by atoms with Crippen LogP contribution in [0.2, 0.25) is 0 Å². The second kappa shape index (κ2) is 5.43. The molecule has 1 aliphatic rings. The molecule has 1 fully saturated rings. The first-order valence-corrected chi connectivity index (χ1v) is 6.90. The van der Waals surface area contributed by atoms with Crippen LogP contribution < -0.4 is 11.3 Å². The van der Waals surface area contributed by atoms with E-state index in [1.807, 2.05) is 13.8 Å². The number of hydrogen-bond acceptors (Lipinski definition) is 5. The number of nitrogens with zero attached hydrogens (tertiary/aromatic N) is 2. The van der Waals surface area contributed by atoms with Gasteiger partial charge in [0.25, 0.3) is 0 Å². The van der Waals surface area contributed by atoms with E-state index in [4.69, 9.17) is 10.6 Å². The molecule has 0 spiro atoms. The topological polar surface area (TPSA) is 73.1 Å². The van der Waals surface area contributed by atoms with Crippen LogP contribution in [0.25, 0.3) is 0 Å². The number of hydrazine groups is 1. The Morgan fingerprint density at radius 2 is 2.11 bits per heavy atom. The third kappa shape index (κ3) is 2.58. The Morgan fingerprint density at radius 3 is 2.68 bits per heavy atom. The first-order valence-electron chi connectivity index (χ1n) is 6.90. The highest BCUT2D eigenvalue weighted by atomic mass is 16.5. The summed E-state index contributed by atoms with van der Waals surface area (Å²) >= 11 is 0. The smallest absolute Gasteiger partial charge is 0.162 e. The van der Waals surface area contributed by atoms with Crippen LogP contribution >= 0.6 is 0 Å². The molecule has 1 aliphatic carbocycles. The Morgan fingerprint density at radius 1 is 1.37 bits per heavy atom. The molecule has 1 heterocycles. The normalized spacial score (nSPS) is 27.3. The van der Waals surface area contributed by atoms with Crippen molar-refractivity contribution in [1.29, 1.82) is 0 Å². The van der Waals surface area contributed by atoms with Gasteiger partial charge in [-0.15, -0.1) is 0 Å².